The van der Waals surface area contributed by atoms with Crippen LogP contribution >= 0.6 is 0 Å². The fourth-order valence-corrected chi connectivity index (χ4v) is 3.53. The molecule has 0 aromatic heterocycles. The highest BCUT2D eigenvalue weighted by Gasteiger charge is 2.44. The van der Waals surface area contributed by atoms with Gasteiger partial charge in [-0.2, -0.15) is 0 Å². The van der Waals surface area contributed by atoms with Gasteiger partial charge in [0.25, 0.3) is 0 Å². The number of hydrogen-bond donors (Lipinski definition) is 0. The molecule has 0 heteroatoms. The van der Waals surface area contributed by atoms with Crippen LogP contribution in [0.1, 0.15) is 60.8 Å². The van der Waals surface area contributed by atoms with Crippen molar-refractivity contribution in [3.8, 4) is 0 Å². The Labute approximate surface area is 85.1 Å². The van der Waals surface area contributed by atoms with Crippen LogP contribution in [0.25, 0.3) is 0 Å². The number of hydrogen-bond acceptors (Lipinski definition) is 0. The Bertz CT molecular complexity index is 137. The Morgan fingerprint density at radius 1 is 1.08 bits per heavy atom. The second-order valence-corrected chi connectivity index (χ2v) is 4.64. The van der Waals surface area contributed by atoms with Gasteiger partial charge in [-0.3, -0.25) is 0 Å². The lowest BCUT2D eigenvalue weighted by Crippen LogP contribution is -2.19. The summed E-state index contributed by atoms with van der Waals surface area (Å²) in [5, 5.41) is 0. The van der Waals surface area contributed by atoms with Gasteiger partial charge in [0.1, 0.15) is 0 Å². The van der Waals surface area contributed by atoms with Gasteiger partial charge in [-0.15, -0.1) is 0 Å². The third-order valence-electron chi connectivity index (χ3n) is 4.16. The van der Waals surface area contributed by atoms with Gasteiger partial charge in [0, 0.05) is 0 Å². The van der Waals surface area contributed by atoms with Crippen LogP contribution in [-0.4, -0.2) is 0 Å². The smallest absolute Gasteiger partial charge is 0.0357 e. The second kappa shape index (κ2) is 5.02. The predicted octanol–water partition coefficient (Wildman–Crippen LogP) is 4.74. The van der Waals surface area contributed by atoms with Crippen molar-refractivity contribution < 1.29 is 0 Å². The summed E-state index contributed by atoms with van der Waals surface area (Å²) in [5.74, 6) is 4.43. The van der Waals surface area contributed by atoms with E-state index in [-0.39, 0.29) is 14.9 Å². The van der Waals surface area contributed by atoms with Crippen LogP contribution in [0.15, 0.2) is 0 Å². The van der Waals surface area contributed by atoms with Gasteiger partial charge in [-0.25, -0.2) is 0 Å². The normalized spacial score (nSPS) is 41.1. The molecule has 0 saturated heterocycles. The van der Waals surface area contributed by atoms with Crippen molar-refractivity contribution in [3.05, 3.63) is 0 Å². The molecule has 0 N–H and O–H groups in total. The first-order valence-electron chi connectivity index (χ1n) is 5.33. The van der Waals surface area contributed by atoms with Crippen LogP contribution in [0.5, 0.6) is 0 Å². The van der Waals surface area contributed by atoms with E-state index in [1.165, 1.54) is 12.8 Å². The van der Waals surface area contributed by atoms with Crippen molar-refractivity contribution in [2.75, 3.05) is 0 Å². The molecule has 2 fully saturated rings. The molecule has 2 bridgehead atoms. The van der Waals surface area contributed by atoms with Gasteiger partial charge in [-0.1, -0.05) is 41.5 Å². The first-order chi connectivity index (χ1) is 5.33. The van der Waals surface area contributed by atoms with Crippen LogP contribution < -0.4 is 0 Å². The molecule has 2 rings (SSSR count). The summed E-state index contributed by atoms with van der Waals surface area (Å²) in [7, 11) is 0. The van der Waals surface area contributed by atoms with Gasteiger partial charge in [-0.05, 0) is 42.9 Å². The van der Waals surface area contributed by atoms with E-state index in [1.54, 1.807) is 19.3 Å². The van der Waals surface area contributed by atoms with Crippen molar-refractivity contribution in [1.82, 2.24) is 0 Å². The molecule has 0 aromatic rings. The summed E-state index contributed by atoms with van der Waals surface area (Å²) in [4.78, 5) is 0. The van der Waals surface area contributed by atoms with Crippen LogP contribution in [0.3, 0.4) is 0 Å². The van der Waals surface area contributed by atoms with Gasteiger partial charge in [0.15, 0.2) is 0 Å². The van der Waals surface area contributed by atoms with E-state index < -0.39 is 0 Å². The molecule has 2 saturated carbocycles. The zero-order valence-corrected chi connectivity index (χ0v) is 7.84. The van der Waals surface area contributed by atoms with Gasteiger partial charge in [0.05, 0.1) is 0 Å². The van der Waals surface area contributed by atoms with E-state index in [4.69, 9.17) is 0 Å². The fraction of sp³-hybridized carbons (Fsp3) is 1.00. The lowest BCUT2D eigenvalue weighted by atomic mass is 9.78. The molecule has 2 aliphatic carbocycles. The van der Waals surface area contributed by atoms with Gasteiger partial charge < -0.3 is 0 Å². The number of rotatable bonds is 2. The van der Waals surface area contributed by atoms with E-state index in [0.717, 1.165) is 23.7 Å². The van der Waals surface area contributed by atoms with Crippen molar-refractivity contribution in [2.45, 2.75) is 60.8 Å². The maximum absolute atomic E-state index is 2.49. The van der Waals surface area contributed by atoms with Crippen LogP contribution in [0.2, 0.25) is 0 Å². The Morgan fingerprint density at radius 3 is 2.15 bits per heavy atom. The monoisotopic (exact) mass is 184 g/mol. The van der Waals surface area contributed by atoms with Crippen LogP contribution in [0.4, 0.5) is 0 Å². The quantitative estimate of drug-likeness (QED) is 0.581. The molecule has 13 heavy (non-hydrogen) atoms. The molecular formula is C13H28. The van der Waals surface area contributed by atoms with Crippen molar-refractivity contribution in [3.63, 3.8) is 0 Å². The van der Waals surface area contributed by atoms with Gasteiger partial charge in [0.2, 0.25) is 0 Å². The Kier molecular flexibility index (Phi) is 5.02. The first kappa shape index (κ1) is 13.0. The first-order valence-corrected chi connectivity index (χ1v) is 5.33. The molecule has 0 spiro atoms. The van der Waals surface area contributed by atoms with E-state index in [1.807, 2.05) is 0 Å². The summed E-state index contributed by atoms with van der Waals surface area (Å²) < 4.78 is 0. The van der Waals surface area contributed by atoms with Crippen molar-refractivity contribution in [1.29, 1.82) is 0 Å². The summed E-state index contributed by atoms with van der Waals surface area (Å²) in [6.45, 7) is 4.82. The maximum Gasteiger partial charge on any atom is -0.0357 e. The average molecular weight is 184 g/mol. The molecule has 4 atom stereocenters. The minimum Gasteiger partial charge on any atom is -0.0776 e. The molecule has 0 aromatic carbocycles. The van der Waals surface area contributed by atoms with Crippen molar-refractivity contribution in [2.24, 2.45) is 23.7 Å². The topological polar surface area (TPSA) is 0 Å². The largest absolute Gasteiger partial charge is 0.0776 e. The molecule has 2 aliphatic rings. The van der Waals surface area contributed by atoms with Crippen molar-refractivity contribution >= 4 is 0 Å². The minimum absolute atomic E-state index is 0. The Morgan fingerprint density at radius 2 is 1.69 bits per heavy atom. The zero-order chi connectivity index (χ0) is 7.84. The van der Waals surface area contributed by atoms with E-state index in [0.29, 0.717) is 0 Å². The van der Waals surface area contributed by atoms with E-state index >= 15 is 0 Å². The highest BCUT2D eigenvalue weighted by Crippen LogP contribution is 2.53. The van der Waals surface area contributed by atoms with E-state index in [9.17, 15) is 0 Å². The fourth-order valence-electron chi connectivity index (χ4n) is 3.53. The average Bonchev–Trinajstić information content (AvgIpc) is 2.54. The summed E-state index contributed by atoms with van der Waals surface area (Å²) in [6, 6.07) is 0. The molecule has 0 radical (unpaired) electrons. The molecule has 80 valence electrons. The molecule has 0 amide bonds. The Hall–Kier alpha value is 0. The molecule has 4 unspecified atom stereocenters. The minimum atomic E-state index is 0. The van der Waals surface area contributed by atoms with Crippen LogP contribution in [-0.2, 0) is 0 Å². The highest BCUT2D eigenvalue weighted by atomic mass is 14.5. The third-order valence-corrected chi connectivity index (χ3v) is 4.16. The standard InChI is InChI=1S/C11H20.2CH4/c1-3-4-11-8(2)9-5-6-10(11)7-9;;/h8-11H,3-7H2,1-2H3;2*1H4. The van der Waals surface area contributed by atoms with Crippen LogP contribution in [0, 0.1) is 23.7 Å². The van der Waals surface area contributed by atoms with E-state index in [2.05, 4.69) is 13.8 Å². The molecule has 0 aliphatic heterocycles. The molecular weight excluding hydrogens is 156 g/mol. The SMILES string of the molecule is C.C.CCCC1C2CCC(C2)C1C. The second-order valence-electron chi connectivity index (χ2n) is 4.64. The third kappa shape index (κ3) is 2.08. The van der Waals surface area contributed by atoms with Gasteiger partial charge >= 0.3 is 0 Å². The lowest BCUT2D eigenvalue weighted by Gasteiger charge is -2.27. The number of fused-ring (bicyclic) bond motifs is 2. The molecule has 0 nitrogen and oxygen atoms in total. The maximum atomic E-state index is 2.49. The predicted molar refractivity (Wildman–Crippen MR) is 61.9 cm³/mol. The summed E-state index contributed by atoms with van der Waals surface area (Å²) in [6.07, 6.45) is 7.58. The zero-order valence-electron chi connectivity index (χ0n) is 7.84. The summed E-state index contributed by atoms with van der Waals surface area (Å²) in [5.41, 5.74) is 0. The molecule has 0 heterocycles. The summed E-state index contributed by atoms with van der Waals surface area (Å²) >= 11 is 0. The Balaban J connectivity index is 0.000000720. The highest BCUT2D eigenvalue weighted by molar-refractivity contribution is 4.93. The lowest BCUT2D eigenvalue weighted by molar-refractivity contribution is 0.224.